The summed E-state index contributed by atoms with van der Waals surface area (Å²) >= 11 is 0. The van der Waals surface area contributed by atoms with Crippen molar-refractivity contribution in [2.75, 3.05) is 16.0 Å². The number of anilines is 3. The molecular formula is C15H16N4O4. The predicted octanol–water partition coefficient (Wildman–Crippen LogP) is 1.68. The lowest BCUT2D eigenvalue weighted by Gasteiger charge is -2.31. The molecule has 0 amide bonds. The highest BCUT2D eigenvalue weighted by Crippen LogP contribution is 2.35. The summed E-state index contributed by atoms with van der Waals surface area (Å²) in [4.78, 5) is 10.6. The van der Waals surface area contributed by atoms with Crippen LogP contribution in [0.1, 0.15) is 5.56 Å². The number of non-ortho nitro benzene ring substituents is 1. The lowest BCUT2D eigenvalue weighted by molar-refractivity contribution is -0.384. The van der Waals surface area contributed by atoms with E-state index in [0.717, 1.165) is 5.69 Å². The summed E-state index contributed by atoms with van der Waals surface area (Å²) in [5.41, 5.74) is 2.29. The van der Waals surface area contributed by atoms with E-state index in [9.17, 15) is 20.3 Å². The van der Waals surface area contributed by atoms with Crippen molar-refractivity contribution in [3.8, 4) is 0 Å². The molecule has 0 aliphatic carbocycles. The van der Waals surface area contributed by atoms with Crippen molar-refractivity contribution >= 4 is 22.7 Å². The van der Waals surface area contributed by atoms with E-state index in [-0.39, 0.29) is 5.69 Å². The Labute approximate surface area is 131 Å². The lowest BCUT2D eigenvalue weighted by atomic mass is 10.1. The Kier molecular flexibility index (Phi) is 4.00. The number of para-hydroxylation sites is 1. The predicted molar refractivity (Wildman–Crippen MR) is 86.1 cm³/mol. The highest BCUT2D eigenvalue weighted by atomic mass is 16.6. The zero-order chi connectivity index (χ0) is 16.4. The second kappa shape index (κ2) is 6.11. The summed E-state index contributed by atoms with van der Waals surface area (Å²) in [7, 11) is 0. The van der Waals surface area contributed by atoms with Gasteiger partial charge in [0.15, 0.2) is 12.5 Å². The van der Waals surface area contributed by atoms with Crippen LogP contribution < -0.4 is 16.0 Å². The summed E-state index contributed by atoms with van der Waals surface area (Å²) in [6.45, 7) is 0.325. The molecule has 2 unspecified atom stereocenters. The van der Waals surface area contributed by atoms with E-state index in [0.29, 0.717) is 23.5 Å². The molecular weight excluding hydrogens is 300 g/mol. The van der Waals surface area contributed by atoms with Crippen LogP contribution in [0.4, 0.5) is 22.7 Å². The zero-order valence-electron chi connectivity index (χ0n) is 12.1. The molecule has 2 aromatic carbocycles. The van der Waals surface area contributed by atoms with E-state index in [4.69, 9.17) is 0 Å². The number of fused-ring (bicyclic) bond motifs is 1. The Morgan fingerprint density at radius 3 is 2.52 bits per heavy atom. The summed E-state index contributed by atoms with van der Waals surface area (Å²) in [5.74, 6) is 0. The molecule has 8 nitrogen and oxygen atoms in total. The van der Waals surface area contributed by atoms with Gasteiger partial charge in [-0.25, -0.2) is 0 Å². The van der Waals surface area contributed by atoms with Gasteiger partial charge in [-0.2, -0.15) is 0 Å². The first-order valence-corrected chi connectivity index (χ1v) is 7.04. The molecule has 0 aromatic heterocycles. The molecule has 5 N–H and O–H groups in total. The summed E-state index contributed by atoms with van der Waals surface area (Å²) < 4.78 is 0. The largest absolute Gasteiger partial charge is 0.381 e. The van der Waals surface area contributed by atoms with Crippen molar-refractivity contribution in [1.29, 1.82) is 0 Å². The minimum atomic E-state index is -1.24. The number of nitrogens with zero attached hydrogens (tertiary/aromatic N) is 1. The summed E-state index contributed by atoms with van der Waals surface area (Å²) in [5, 5.41) is 39.0. The first-order chi connectivity index (χ1) is 11.0. The number of nitro benzene ring substituents is 1. The van der Waals surface area contributed by atoms with Gasteiger partial charge in [-0.3, -0.25) is 10.1 Å². The number of hydrogen-bond acceptors (Lipinski definition) is 7. The molecule has 0 saturated heterocycles. The number of benzene rings is 2. The minimum Gasteiger partial charge on any atom is -0.381 e. The molecule has 2 atom stereocenters. The van der Waals surface area contributed by atoms with Crippen molar-refractivity contribution in [2.24, 2.45) is 0 Å². The smallest absolute Gasteiger partial charge is 0.271 e. The van der Waals surface area contributed by atoms with Gasteiger partial charge in [0.1, 0.15) is 0 Å². The second-order valence-electron chi connectivity index (χ2n) is 5.18. The minimum absolute atomic E-state index is 0.0912. The lowest BCUT2D eigenvalue weighted by Crippen LogP contribution is -2.43. The Morgan fingerprint density at radius 2 is 1.83 bits per heavy atom. The van der Waals surface area contributed by atoms with Crippen LogP contribution in [0.2, 0.25) is 0 Å². The van der Waals surface area contributed by atoms with Crippen molar-refractivity contribution in [3.05, 3.63) is 58.1 Å². The number of aliphatic hydroxyl groups is 2. The van der Waals surface area contributed by atoms with E-state index in [1.165, 1.54) is 12.1 Å². The van der Waals surface area contributed by atoms with Crippen LogP contribution in [-0.2, 0) is 6.54 Å². The standard InChI is InChI=1S/C15H16N4O4/c20-14-15(21)18-13-9(8-16-10-4-2-1-3-5-10)6-11(19(22)23)7-12(13)17-14/h1-7,14-18,20-21H,8H2. The van der Waals surface area contributed by atoms with Crippen LogP contribution in [-0.4, -0.2) is 27.6 Å². The molecule has 1 aliphatic heterocycles. The number of aliphatic hydroxyl groups excluding tert-OH is 2. The Hall–Kier alpha value is -2.84. The van der Waals surface area contributed by atoms with Crippen molar-refractivity contribution in [2.45, 2.75) is 19.0 Å². The molecule has 120 valence electrons. The van der Waals surface area contributed by atoms with Gasteiger partial charge in [-0.15, -0.1) is 0 Å². The molecule has 0 bridgehead atoms. The first kappa shape index (κ1) is 15.1. The fourth-order valence-electron chi connectivity index (χ4n) is 2.43. The Bertz CT molecular complexity index is 723. The topological polar surface area (TPSA) is 120 Å². The maximum atomic E-state index is 11.1. The van der Waals surface area contributed by atoms with E-state index >= 15 is 0 Å². The summed E-state index contributed by atoms with van der Waals surface area (Å²) in [6, 6.07) is 12.2. The van der Waals surface area contributed by atoms with Crippen LogP contribution in [0, 0.1) is 10.1 Å². The third-order valence-corrected chi connectivity index (χ3v) is 3.57. The van der Waals surface area contributed by atoms with Gasteiger partial charge >= 0.3 is 0 Å². The number of hydrogen-bond donors (Lipinski definition) is 5. The van der Waals surface area contributed by atoms with Gasteiger partial charge < -0.3 is 26.2 Å². The maximum absolute atomic E-state index is 11.1. The number of rotatable bonds is 4. The van der Waals surface area contributed by atoms with Crippen molar-refractivity contribution < 1.29 is 15.1 Å². The van der Waals surface area contributed by atoms with Crippen LogP contribution in [0.5, 0.6) is 0 Å². The van der Waals surface area contributed by atoms with Gasteiger partial charge in [0.25, 0.3) is 5.69 Å². The van der Waals surface area contributed by atoms with Crippen LogP contribution in [0.3, 0.4) is 0 Å². The van der Waals surface area contributed by atoms with Crippen molar-refractivity contribution in [3.63, 3.8) is 0 Å². The highest BCUT2D eigenvalue weighted by Gasteiger charge is 2.27. The maximum Gasteiger partial charge on any atom is 0.271 e. The normalized spacial score (nSPS) is 19.2. The fourth-order valence-corrected chi connectivity index (χ4v) is 2.43. The van der Waals surface area contributed by atoms with Crippen LogP contribution in [0.15, 0.2) is 42.5 Å². The third-order valence-electron chi connectivity index (χ3n) is 3.57. The molecule has 0 saturated carbocycles. The average Bonchev–Trinajstić information content (AvgIpc) is 2.54. The van der Waals surface area contributed by atoms with E-state index in [2.05, 4.69) is 16.0 Å². The van der Waals surface area contributed by atoms with E-state index < -0.39 is 17.4 Å². The SMILES string of the molecule is O=[N+]([O-])c1cc(CNc2ccccc2)c2c(c1)NC(O)C(O)N2. The number of nitro groups is 1. The second-order valence-corrected chi connectivity index (χ2v) is 5.18. The van der Waals surface area contributed by atoms with Gasteiger partial charge in [0.2, 0.25) is 0 Å². The first-order valence-electron chi connectivity index (χ1n) is 7.04. The Morgan fingerprint density at radius 1 is 1.13 bits per heavy atom. The molecule has 0 radical (unpaired) electrons. The van der Waals surface area contributed by atoms with Crippen LogP contribution in [0.25, 0.3) is 0 Å². The third kappa shape index (κ3) is 3.17. The van der Waals surface area contributed by atoms with Gasteiger partial charge in [0, 0.05) is 29.9 Å². The summed E-state index contributed by atoms with van der Waals surface area (Å²) in [6.07, 6.45) is -2.43. The molecule has 1 aliphatic rings. The molecule has 0 fully saturated rings. The monoisotopic (exact) mass is 316 g/mol. The molecule has 23 heavy (non-hydrogen) atoms. The molecule has 0 spiro atoms. The molecule has 3 rings (SSSR count). The van der Waals surface area contributed by atoms with E-state index in [1.807, 2.05) is 30.3 Å². The van der Waals surface area contributed by atoms with E-state index in [1.54, 1.807) is 0 Å². The fraction of sp³-hybridized carbons (Fsp3) is 0.200. The Balaban J connectivity index is 1.92. The van der Waals surface area contributed by atoms with Gasteiger partial charge in [0.05, 0.1) is 16.3 Å². The van der Waals surface area contributed by atoms with Crippen LogP contribution >= 0.6 is 0 Å². The van der Waals surface area contributed by atoms with Gasteiger partial charge in [-0.1, -0.05) is 18.2 Å². The molecule has 2 aromatic rings. The quantitative estimate of drug-likeness (QED) is 0.430. The molecule has 1 heterocycles. The highest BCUT2D eigenvalue weighted by molar-refractivity contribution is 5.78. The van der Waals surface area contributed by atoms with Gasteiger partial charge in [-0.05, 0) is 12.1 Å². The number of nitrogens with one attached hydrogen (secondary N) is 3. The molecule has 8 heteroatoms. The average molecular weight is 316 g/mol. The zero-order valence-corrected chi connectivity index (χ0v) is 12.1. The van der Waals surface area contributed by atoms with Crippen molar-refractivity contribution in [1.82, 2.24) is 0 Å².